The third-order valence-electron chi connectivity index (χ3n) is 4.65. The fraction of sp³-hybridized carbons (Fsp3) is 0.556. The van der Waals surface area contributed by atoms with E-state index in [1.807, 2.05) is 31.2 Å². The Bertz CT molecular complexity index is 587. The molecule has 1 saturated heterocycles. The van der Waals surface area contributed by atoms with E-state index >= 15 is 0 Å². The maximum Gasteiger partial charge on any atom is 0.243 e. The van der Waals surface area contributed by atoms with Crippen molar-refractivity contribution in [2.24, 2.45) is 0 Å². The van der Waals surface area contributed by atoms with E-state index in [-0.39, 0.29) is 23.9 Å². The van der Waals surface area contributed by atoms with Gasteiger partial charge < -0.3 is 15.0 Å². The van der Waals surface area contributed by atoms with Crippen LogP contribution >= 0.6 is 0 Å². The highest BCUT2D eigenvalue weighted by Crippen LogP contribution is 2.24. The van der Waals surface area contributed by atoms with Crippen LogP contribution in [0.5, 0.6) is 5.75 Å². The van der Waals surface area contributed by atoms with Crippen LogP contribution in [0.15, 0.2) is 24.3 Å². The number of fused-ring (bicyclic) bond motifs is 1. The molecule has 0 spiro atoms. The Labute approximate surface area is 137 Å². The minimum Gasteiger partial charge on any atom is -0.491 e. The van der Waals surface area contributed by atoms with Gasteiger partial charge in [-0.05, 0) is 37.3 Å². The van der Waals surface area contributed by atoms with E-state index in [2.05, 4.69) is 5.32 Å². The van der Waals surface area contributed by atoms with Gasteiger partial charge in [-0.3, -0.25) is 9.59 Å². The Balaban J connectivity index is 1.63. The number of ether oxygens (including phenoxy) is 1. The number of nitrogens with one attached hydrogen (secondary N) is 1. The molecule has 2 unspecified atom stereocenters. The number of nitrogens with zero attached hydrogens (tertiary/aromatic N) is 1. The third kappa shape index (κ3) is 3.49. The van der Waals surface area contributed by atoms with E-state index in [9.17, 15) is 9.59 Å². The molecule has 2 amide bonds. The number of carbonyl (C=O) groups excluding carboxylic acids is 2. The number of likely N-dealkylation sites (tertiary alicyclic amines) is 1. The molecule has 1 aromatic carbocycles. The van der Waals surface area contributed by atoms with E-state index in [0.29, 0.717) is 19.6 Å². The Kier molecular flexibility index (Phi) is 4.84. The summed E-state index contributed by atoms with van der Waals surface area (Å²) in [5.74, 6) is 0.924. The fourth-order valence-electron chi connectivity index (χ4n) is 3.42. The maximum absolute atomic E-state index is 12.6. The molecule has 1 N–H and O–H groups in total. The maximum atomic E-state index is 12.6. The van der Waals surface area contributed by atoms with Crippen molar-refractivity contribution in [3.05, 3.63) is 29.8 Å². The van der Waals surface area contributed by atoms with Gasteiger partial charge in [0.2, 0.25) is 11.8 Å². The standard InChI is InChI=1S/C18H24N2O3/c1-2-17(21)20-10-6-5-8-15(20)18(22)19-14-11-13-7-3-4-9-16(13)23-12-14/h3-4,7,9,14-15H,2,5-6,8,10-12H2,1H3,(H,19,22). The number of hydrogen-bond acceptors (Lipinski definition) is 3. The smallest absolute Gasteiger partial charge is 0.243 e. The second-order valence-corrected chi connectivity index (χ2v) is 6.28. The van der Waals surface area contributed by atoms with Gasteiger partial charge in [0.1, 0.15) is 18.4 Å². The average Bonchev–Trinajstić information content (AvgIpc) is 2.61. The minimum atomic E-state index is -0.326. The third-order valence-corrected chi connectivity index (χ3v) is 4.65. The van der Waals surface area contributed by atoms with Crippen molar-refractivity contribution in [2.75, 3.05) is 13.2 Å². The highest BCUT2D eigenvalue weighted by atomic mass is 16.5. The van der Waals surface area contributed by atoms with Crippen molar-refractivity contribution < 1.29 is 14.3 Å². The van der Waals surface area contributed by atoms with Gasteiger partial charge in [0.05, 0.1) is 6.04 Å². The lowest BCUT2D eigenvalue weighted by molar-refractivity contribution is -0.142. The summed E-state index contributed by atoms with van der Waals surface area (Å²) in [6.07, 6.45) is 3.95. The molecule has 5 nitrogen and oxygen atoms in total. The molecular formula is C18H24N2O3. The molecule has 0 aliphatic carbocycles. The largest absolute Gasteiger partial charge is 0.491 e. The molecule has 2 atom stereocenters. The summed E-state index contributed by atoms with van der Waals surface area (Å²) in [6.45, 7) is 3.02. The molecule has 2 aliphatic heterocycles. The second kappa shape index (κ2) is 7.02. The van der Waals surface area contributed by atoms with Crippen LogP contribution in [0.2, 0.25) is 0 Å². The number of hydrogen-bond donors (Lipinski definition) is 1. The summed E-state index contributed by atoms with van der Waals surface area (Å²) in [6, 6.07) is 7.56. The molecule has 0 bridgehead atoms. The van der Waals surface area contributed by atoms with Crippen molar-refractivity contribution in [3.8, 4) is 5.75 Å². The number of carbonyl (C=O) groups is 2. The first kappa shape index (κ1) is 15.8. The predicted octanol–water partition coefficient (Wildman–Crippen LogP) is 1.90. The van der Waals surface area contributed by atoms with Crippen LogP contribution in [-0.4, -0.2) is 41.9 Å². The molecule has 23 heavy (non-hydrogen) atoms. The van der Waals surface area contributed by atoms with Gasteiger partial charge >= 0.3 is 0 Å². The topological polar surface area (TPSA) is 58.6 Å². The summed E-state index contributed by atoms with van der Waals surface area (Å²) in [5, 5.41) is 3.08. The van der Waals surface area contributed by atoms with Crippen LogP contribution in [0.1, 0.15) is 38.2 Å². The monoisotopic (exact) mass is 316 g/mol. The van der Waals surface area contributed by atoms with Gasteiger partial charge in [-0.25, -0.2) is 0 Å². The van der Waals surface area contributed by atoms with Crippen molar-refractivity contribution >= 4 is 11.8 Å². The molecule has 1 aromatic rings. The average molecular weight is 316 g/mol. The van der Waals surface area contributed by atoms with Crippen LogP contribution in [0.25, 0.3) is 0 Å². The number of amides is 2. The fourth-order valence-corrected chi connectivity index (χ4v) is 3.42. The molecule has 5 heteroatoms. The SMILES string of the molecule is CCC(=O)N1CCCCC1C(=O)NC1COc2ccccc2C1. The van der Waals surface area contributed by atoms with E-state index < -0.39 is 0 Å². The van der Waals surface area contributed by atoms with Crippen LogP contribution in [0, 0.1) is 0 Å². The summed E-state index contributed by atoms with van der Waals surface area (Å²) >= 11 is 0. The van der Waals surface area contributed by atoms with E-state index in [0.717, 1.165) is 37.0 Å². The molecule has 3 rings (SSSR count). The molecule has 2 aliphatic rings. The van der Waals surface area contributed by atoms with Crippen molar-refractivity contribution in [1.29, 1.82) is 0 Å². The van der Waals surface area contributed by atoms with Crippen molar-refractivity contribution in [1.82, 2.24) is 10.2 Å². The quantitative estimate of drug-likeness (QED) is 0.926. The van der Waals surface area contributed by atoms with Gasteiger partial charge in [0.25, 0.3) is 0 Å². The lowest BCUT2D eigenvalue weighted by Gasteiger charge is -2.36. The van der Waals surface area contributed by atoms with E-state index in [1.165, 1.54) is 0 Å². The number of rotatable bonds is 3. The van der Waals surface area contributed by atoms with Gasteiger partial charge in [-0.2, -0.15) is 0 Å². The Morgan fingerprint density at radius 3 is 2.96 bits per heavy atom. The highest BCUT2D eigenvalue weighted by Gasteiger charge is 2.33. The molecular weight excluding hydrogens is 292 g/mol. The Morgan fingerprint density at radius 2 is 2.13 bits per heavy atom. The summed E-state index contributed by atoms with van der Waals surface area (Å²) in [5.41, 5.74) is 1.12. The molecule has 1 fully saturated rings. The van der Waals surface area contributed by atoms with Crippen LogP contribution in [0.4, 0.5) is 0 Å². The summed E-state index contributed by atoms with van der Waals surface area (Å²) in [7, 11) is 0. The van der Waals surface area contributed by atoms with E-state index in [1.54, 1.807) is 4.90 Å². The summed E-state index contributed by atoms with van der Waals surface area (Å²) in [4.78, 5) is 26.5. The van der Waals surface area contributed by atoms with Crippen LogP contribution in [-0.2, 0) is 16.0 Å². The zero-order valence-corrected chi connectivity index (χ0v) is 13.6. The van der Waals surface area contributed by atoms with Gasteiger partial charge in [0.15, 0.2) is 0 Å². The molecule has 0 radical (unpaired) electrons. The van der Waals surface area contributed by atoms with Gasteiger partial charge in [-0.1, -0.05) is 25.1 Å². The molecule has 2 heterocycles. The zero-order chi connectivity index (χ0) is 16.2. The number of piperidine rings is 1. The number of para-hydroxylation sites is 1. The molecule has 0 aromatic heterocycles. The van der Waals surface area contributed by atoms with E-state index in [4.69, 9.17) is 4.74 Å². The van der Waals surface area contributed by atoms with Crippen molar-refractivity contribution in [2.45, 2.75) is 51.1 Å². The normalized spacial score (nSPS) is 23.6. The first-order valence-corrected chi connectivity index (χ1v) is 8.49. The first-order valence-electron chi connectivity index (χ1n) is 8.49. The van der Waals surface area contributed by atoms with Crippen LogP contribution < -0.4 is 10.1 Å². The minimum absolute atomic E-state index is 0.0297. The van der Waals surface area contributed by atoms with Crippen molar-refractivity contribution in [3.63, 3.8) is 0 Å². The second-order valence-electron chi connectivity index (χ2n) is 6.28. The highest BCUT2D eigenvalue weighted by molar-refractivity contribution is 5.88. The number of benzene rings is 1. The van der Waals surface area contributed by atoms with Gasteiger partial charge in [0, 0.05) is 13.0 Å². The zero-order valence-electron chi connectivity index (χ0n) is 13.6. The molecule has 124 valence electrons. The predicted molar refractivity (Wildman–Crippen MR) is 87.2 cm³/mol. The first-order chi connectivity index (χ1) is 11.2. The Morgan fingerprint density at radius 1 is 1.30 bits per heavy atom. The van der Waals surface area contributed by atoms with Gasteiger partial charge in [-0.15, -0.1) is 0 Å². The summed E-state index contributed by atoms with van der Waals surface area (Å²) < 4.78 is 5.72. The Hall–Kier alpha value is -2.04. The molecule has 0 saturated carbocycles. The lowest BCUT2D eigenvalue weighted by Crippen LogP contribution is -2.55. The lowest BCUT2D eigenvalue weighted by atomic mass is 9.99. The van der Waals surface area contributed by atoms with Crippen LogP contribution in [0.3, 0.4) is 0 Å².